The lowest BCUT2D eigenvalue weighted by Crippen LogP contribution is -2.46. The first-order chi connectivity index (χ1) is 10.1. The summed E-state index contributed by atoms with van der Waals surface area (Å²) in [5.74, 6) is -0.836. The largest absolute Gasteiger partial charge is 0.496 e. The fraction of sp³-hybridized carbons (Fsp3) is 0.467. The Bertz CT molecular complexity index is 511. The molecule has 0 aliphatic carbocycles. The molecule has 0 saturated carbocycles. The summed E-state index contributed by atoms with van der Waals surface area (Å²) in [6, 6.07) is 6.16. The molecule has 2 rings (SSSR count). The zero-order valence-electron chi connectivity index (χ0n) is 11.9. The van der Waals surface area contributed by atoms with Crippen molar-refractivity contribution in [3.05, 3.63) is 29.8 Å². The second-order valence-electron chi connectivity index (χ2n) is 4.92. The summed E-state index contributed by atoms with van der Waals surface area (Å²) in [6.45, 7) is 0.544. The molecule has 21 heavy (non-hydrogen) atoms. The zero-order chi connectivity index (χ0) is 15.2. The van der Waals surface area contributed by atoms with Crippen LogP contribution in [0.15, 0.2) is 24.3 Å². The number of ether oxygens (including phenoxy) is 2. The minimum absolute atomic E-state index is 0.164. The average Bonchev–Trinajstić information content (AvgIpc) is 3.01. The maximum atomic E-state index is 12.0. The highest BCUT2D eigenvalue weighted by atomic mass is 16.5. The molecule has 0 radical (unpaired) electrons. The summed E-state index contributed by atoms with van der Waals surface area (Å²) in [5.41, 5.74) is 0.736. The summed E-state index contributed by atoms with van der Waals surface area (Å²) in [5, 5.41) is 11.8. The van der Waals surface area contributed by atoms with Gasteiger partial charge in [0.2, 0.25) is 5.91 Å². The number of carboxylic acid groups (broad SMARTS) is 1. The Morgan fingerprint density at radius 1 is 1.48 bits per heavy atom. The molecule has 1 saturated heterocycles. The number of para-hydroxylation sites is 1. The molecule has 1 aromatic rings. The second kappa shape index (κ2) is 7.08. The Kier molecular flexibility index (Phi) is 5.16. The Labute approximate surface area is 123 Å². The monoisotopic (exact) mass is 293 g/mol. The highest BCUT2D eigenvalue weighted by molar-refractivity contribution is 5.86. The van der Waals surface area contributed by atoms with E-state index in [0.717, 1.165) is 12.0 Å². The normalized spacial score (nSPS) is 19.0. The van der Waals surface area contributed by atoms with Crippen LogP contribution in [0.1, 0.15) is 18.4 Å². The molecule has 2 N–H and O–H groups in total. The van der Waals surface area contributed by atoms with Crippen molar-refractivity contribution in [2.75, 3.05) is 13.7 Å². The Morgan fingerprint density at radius 3 is 2.86 bits per heavy atom. The number of hydrogen-bond donors (Lipinski definition) is 2. The maximum absolute atomic E-state index is 12.0. The van der Waals surface area contributed by atoms with Gasteiger partial charge < -0.3 is 19.9 Å². The third kappa shape index (κ3) is 3.95. The van der Waals surface area contributed by atoms with Crippen LogP contribution in [0.3, 0.4) is 0 Å². The molecule has 1 heterocycles. The van der Waals surface area contributed by atoms with E-state index in [1.165, 1.54) is 7.11 Å². The quantitative estimate of drug-likeness (QED) is 0.817. The second-order valence-corrected chi connectivity index (χ2v) is 4.92. The van der Waals surface area contributed by atoms with Crippen LogP contribution in [0.25, 0.3) is 0 Å². The predicted octanol–water partition coefficient (Wildman–Crippen LogP) is 0.986. The van der Waals surface area contributed by atoms with Gasteiger partial charge in [0, 0.05) is 13.0 Å². The van der Waals surface area contributed by atoms with Crippen molar-refractivity contribution in [1.29, 1.82) is 0 Å². The smallest absolute Gasteiger partial charge is 0.326 e. The van der Waals surface area contributed by atoms with Crippen molar-refractivity contribution in [3.8, 4) is 5.75 Å². The highest BCUT2D eigenvalue weighted by Gasteiger charge is 2.28. The SMILES string of the molecule is COc1ccccc1C[C@@H](NC(=O)[C@H]1CCCO1)C(=O)O. The van der Waals surface area contributed by atoms with Gasteiger partial charge in [-0.2, -0.15) is 0 Å². The van der Waals surface area contributed by atoms with Gasteiger partial charge in [0.15, 0.2) is 0 Å². The van der Waals surface area contributed by atoms with E-state index in [0.29, 0.717) is 18.8 Å². The number of carboxylic acids is 1. The van der Waals surface area contributed by atoms with Crippen molar-refractivity contribution < 1.29 is 24.2 Å². The fourth-order valence-electron chi connectivity index (χ4n) is 2.34. The molecule has 1 aliphatic rings. The molecule has 1 fully saturated rings. The molecular formula is C15H19NO5. The number of aliphatic carboxylic acids is 1. The standard InChI is InChI=1S/C15H19NO5/c1-20-12-6-3-2-5-10(12)9-11(15(18)19)16-14(17)13-7-4-8-21-13/h2-3,5-6,11,13H,4,7-9H2,1H3,(H,16,17)(H,18,19)/t11-,13-/m1/s1. The molecule has 6 heteroatoms. The first-order valence-corrected chi connectivity index (χ1v) is 6.88. The van der Waals surface area contributed by atoms with Gasteiger partial charge in [-0.15, -0.1) is 0 Å². The number of hydrogen-bond acceptors (Lipinski definition) is 4. The van der Waals surface area contributed by atoms with Crippen LogP contribution in [0, 0.1) is 0 Å². The fourth-order valence-corrected chi connectivity index (χ4v) is 2.34. The lowest BCUT2D eigenvalue weighted by atomic mass is 10.0. The number of rotatable bonds is 6. The molecule has 0 spiro atoms. The Hall–Kier alpha value is -2.08. The van der Waals surface area contributed by atoms with Crippen LogP contribution in [0.2, 0.25) is 0 Å². The lowest BCUT2D eigenvalue weighted by molar-refractivity contribution is -0.143. The first-order valence-electron chi connectivity index (χ1n) is 6.88. The molecule has 0 unspecified atom stereocenters. The van der Waals surface area contributed by atoms with Gasteiger partial charge in [-0.3, -0.25) is 4.79 Å². The van der Waals surface area contributed by atoms with Gasteiger partial charge in [0.1, 0.15) is 17.9 Å². The van der Waals surface area contributed by atoms with Gasteiger partial charge >= 0.3 is 5.97 Å². The van der Waals surface area contributed by atoms with Crippen LogP contribution in [0.4, 0.5) is 0 Å². The lowest BCUT2D eigenvalue weighted by Gasteiger charge is -2.18. The van der Waals surface area contributed by atoms with E-state index < -0.39 is 18.1 Å². The van der Waals surface area contributed by atoms with Gasteiger partial charge in [-0.25, -0.2) is 4.79 Å². The number of amides is 1. The molecule has 0 aromatic heterocycles. The number of benzene rings is 1. The molecule has 1 aromatic carbocycles. The van der Waals surface area contributed by atoms with Crippen LogP contribution in [-0.4, -0.2) is 42.8 Å². The molecule has 6 nitrogen and oxygen atoms in total. The van der Waals surface area contributed by atoms with E-state index >= 15 is 0 Å². The highest BCUT2D eigenvalue weighted by Crippen LogP contribution is 2.19. The molecular weight excluding hydrogens is 274 g/mol. The Morgan fingerprint density at radius 2 is 2.24 bits per heavy atom. The number of carbonyl (C=O) groups excluding carboxylic acids is 1. The molecule has 114 valence electrons. The van der Waals surface area contributed by atoms with Crippen LogP contribution in [0.5, 0.6) is 5.75 Å². The topological polar surface area (TPSA) is 84.9 Å². The van der Waals surface area contributed by atoms with Crippen LogP contribution >= 0.6 is 0 Å². The summed E-state index contributed by atoms with van der Waals surface area (Å²) >= 11 is 0. The van der Waals surface area contributed by atoms with Crippen molar-refractivity contribution >= 4 is 11.9 Å². The van der Waals surface area contributed by atoms with E-state index in [2.05, 4.69) is 5.32 Å². The van der Waals surface area contributed by atoms with E-state index in [1.807, 2.05) is 6.07 Å². The average molecular weight is 293 g/mol. The van der Waals surface area contributed by atoms with E-state index in [1.54, 1.807) is 18.2 Å². The summed E-state index contributed by atoms with van der Waals surface area (Å²) in [6.07, 6.45) is 1.08. The molecule has 0 bridgehead atoms. The van der Waals surface area contributed by atoms with Crippen molar-refractivity contribution in [1.82, 2.24) is 5.32 Å². The zero-order valence-corrected chi connectivity index (χ0v) is 11.9. The van der Waals surface area contributed by atoms with E-state index in [9.17, 15) is 14.7 Å². The Balaban J connectivity index is 2.05. The summed E-state index contributed by atoms with van der Waals surface area (Å²) in [4.78, 5) is 23.3. The van der Waals surface area contributed by atoms with Gasteiger partial charge in [0.05, 0.1) is 7.11 Å². The van der Waals surface area contributed by atoms with E-state index in [-0.39, 0.29) is 12.3 Å². The van der Waals surface area contributed by atoms with E-state index in [4.69, 9.17) is 9.47 Å². The number of nitrogens with one attached hydrogen (secondary N) is 1. The molecule has 1 aliphatic heterocycles. The minimum Gasteiger partial charge on any atom is -0.496 e. The van der Waals surface area contributed by atoms with Crippen molar-refractivity contribution in [3.63, 3.8) is 0 Å². The predicted molar refractivity (Wildman–Crippen MR) is 75.2 cm³/mol. The van der Waals surface area contributed by atoms with Gasteiger partial charge in [-0.05, 0) is 24.5 Å². The number of carbonyl (C=O) groups is 2. The first kappa shape index (κ1) is 15.3. The third-order valence-electron chi connectivity index (χ3n) is 3.45. The summed E-state index contributed by atoms with van der Waals surface area (Å²) < 4.78 is 10.5. The van der Waals surface area contributed by atoms with Crippen LogP contribution in [-0.2, 0) is 20.7 Å². The summed E-state index contributed by atoms with van der Waals surface area (Å²) in [7, 11) is 1.53. The van der Waals surface area contributed by atoms with Gasteiger partial charge in [-0.1, -0.05) is 18.2 Å². The van der Waals surface area contributed by atoms with Gasteiger partial charge in [0.25, 0.3) is 0 Å². The third-order valence-corrected chi connectivity index (χ3v) is 3.45. The van der Waals surface area contributed by atoms with Crippen LogP contribution < -0.4 is 10.1 Å². The van der Waals surface area contributed by atoms with Crippen molar-refractivity contribution in [2.45, 2.75) is 31.4 Å². The van der Waals surface area contributed by atoms with Crippen molar-refractivity contribution in [2.24, 2.45) is 0 Å². The molecule has 2 atom stereocenters. The number of methoxy groups -OCH3 is 1. The maximum Gasteiger partial charge on any atom is 0.326 e. The molecule has 1 amide bonds. The minimum atomic E-state index is -1.08.